The van der Waals surface area contributed by atoms with Gasteiger partial charge < -0.3 is 34.6 Å². The van der Waals surface area contributed by atoms with Crippen molar-refractivity contribution in [2.45, 2.75) is 0 Å². The fraction of sp³-hybridized carbons (Fsp3) is 0. The Hall–Kier alpha value is 0.690. The number of aromatic hydroxyl groups is 3. The Bertz CT molecular complexity index is 674. The maximum Gasteiger partial charge on any atom is 1.00 e. The van der Waals surface area contributed by atoms with Gasteiger partial charge in [0.2, 0.25) is 0 Å². The van der Waals surface area contributed by atoms with E-state index in [-0.39, 0.29) is 106 Å². The second-order valence-electron chi connectivity index (χ2n) is 4.15. The van der Waals surface area contributed by atoms with Crippen LogP contribution in [-0.2, 0) is 4.57 Å². The molecule has 0 aliphatic carbocycles. The van der Waals surface area contributed by atoms with Crippen LogP contribution in [0.5, 0.6) is 17.2 Å². The summed E-state index contributed by atoms with van der Waals surface area (Å²) in [5, 5.41) is 27.7. The van der Waals surface area contributed by atoms with Crippen LogP contribution in [0.4, 0.5) is 0 Å². The molecule has 0 aliphatic heterocycles. The number of rotatable bonds is 2. The number of hydrogen-bond acceptors (Lipinski definition) is 7. The molecule has 0 saturated carbocycles. The molecule has 0 fully saturated rings. The third-order valence-corrected chi connectivity index (χ3v) is 2.29. The van der Waals surface area contributed by atoms with Gasteiger partial charge in [-0.05, 0) is 35.4 Å². The molecular weight excluding hydrogens is 380 g/mol. The summed E-state index contributed by atoms with van der Waals surface area (Å²) in [6.07, 6.45) is 3.60. The van der Waals surface area contributed by atoms with E-state index in [1.54, 1.807) is 42.5 Å². The minimum absolute atomic E-state index is 0. The van der Waals surface area contributed by atoms with E-state index in [1.807, 2.05) is 6.08 Å². The van der Waals surface area contributed by atoms with Crippen molar-refractivity contribution in [1.82, 2.24) is 0 Å². The average molecular weight is 392 g/mol. The molecule has 0 heterocycles. The standard InChI is InChI=1S/C14H12O3.3Na.H3O4P/c15-12-5-3-10(4-6-12)1-2-11-7-13(16)9-14(17)8-11;;;;1-5(2,3)4/h1-9,15-17H;;;;(H3,1,2,3,4)/q;3*+1;/p-3. The zero-order valence-electron chi connectivity index (χ0n) is 14.1. The van der Waals surface area contributed by atoms with Crippen molar-refractivity contribution in [3.05, 3.63) is 53.6 Å². The second-order valence-corrected chi connectivity index (χ2v) is 5.05. The van der Waals surface area contributed by atoms with Crippen molar-refractivity contribution in [3.63, 3.8) is 0 Å². The smallest absolute Gasteiger partial charge is 0.822 e. The molecule has 2 rings (SSSR count). The Morgan fingerprint density at radius 2 is 1.04 bits per heavy atom. The molecule has 25 heavy (non-hydrogen) atoms. The topological polar surface area (TPSA) is 147 Å². The molecule has 118 valence electrons. The van der Waals surface area contributed by atoms with E-state index < -0.39 is 7.82 Å². The number of benzene rings is 2. The van der Waals surface area contributed by atoms with E-state index in [9.17, 15) is 10.2 Å². The van der Waals surface area contributed by atoms with Gasteiger partial charge in [-0.1, -0.05) is 24.3 Å². The Morgan fingerprint density at radius 1 is 0.680 bits per heavy atom. The van der Waals surface area contributed by atoms with Crippen LogP contribution in [0.15, 0.2) is 42.5 Å². The summed E-state index contributed by atoms with van der Waals surface area (Å²) in [5.74, 6) is 0.267. The van der Waals surface area contributed by atoms with Crippen LogP contribution >= 0.6 is 7.82 Å². The SMILES string of the molecule is O=P([O-])([O-])[O-].Oc1ccc(C=Cc2cc(O)cc(O)c2)cc1.[Na+].[Na+].[Na+]. The number of phenols is 3. The van der Waals surface area contributed by atoms with Crippen LogP contribution in [0.3, 0.4) is 0 Å². The molecule has 0 bridgehead atoms. The summed E-state index contributed by atoms with van der Waals surface area (Å²) in [5.41, 5.74) is 1.63. The van der Waals surface area contributed by atoms with Gasteiger partial charge in [-0.2, -0.15) is 7.82 Å². The summed E-state index contributed by atoms with van der Waals surface area (Å²) in [4.78, 5) is 25.6. The van der Waals surface area contributed by atoms with Crippen molar-refractivity contribution in [3.8, 4) is 17.2 Å². The summed E-state index contributed by atoms with van der Waals surface area (Å²) in [7, 11) is -5.39. The Kier molecular flexibility index (Phi) is 17.9. The number of phenolic OH excluding ortho intramolecular Hbond substituents is 3. The molecule has 0 aliphatic rings. The Morgan fingerprint density at radius 3 is 1.44 bits per heavy atom. The van der Waals surface area contributed by atoms with E-state index >= 15 is 0 Å². The third kappa shape index (κ3) is 16.6. The predicted octanol–water partition coefficient (Wildman–Crippen LogP) is -8.84. The largest absolute Gasteiger partial charge is 1.00 e. The first-order chi connectivity index (χ1) is 10.1. The molecular formula is C14H12Na3O7P. The van der Waals surface area contributed by atoms with Gasteiger partial charge in [-0.3, -0.25) is 0 Å². The molecule has 2 aromatic carbocycles. The maximum absolute atomic E-state index is 9.30. The van der Waals surface area contributed by atoms with E-state index in [0.29, 0.717) is 5.56 Å². The Balaban J connectivity index is -0.000000539. The van der Waals surface area contributed by atoms with E-state index in [4.69, 9.17) is 24.4 Å². The van der Waals surface area contributed by atoms with Gasteiger partial charge in [-0.25, -0.2) is 0 Å². The fourth-order valence-electron chi connectivity index (χ4n) is 1.49. The minimum atomic E-state index is -5.39. The van der Waals surface area contributed by atoms with Gasteiger partial charge in [0, 0.05) is 6.07 Å². The molecule has 0 saturated heterocycles. The first kappa shape index (κ1) is 30.4. The zero-order valence-corrected chi connectivity index (χ0v) is 21.0. The van der Waals surface area contributed by atoms with Crippen molar-refractivity contribution >= 4 is 20.0 Å². The monoisotopic (exact) mass is 392 g/mol. The van der Waals surface area contributed by atoms with Crippen molar-refractivity contribution in [1.29, 1.82) is 0 Å². The molecule has 0 amide bonds. The molecule has 0 radical (unpaired) electrons. The third-order valence-electron chi connectivity index (χ3n) is 2.29. The zero-order chi connectivity index (χ0) is 16.8. The fourth-order valence-corrected chi connectivity index (χ4v) is 1.49. The van der Waals surface area contributed by atoms with Crippen LogP contribution in [0, 0.1) is 0 Å². The average Bonchev–Trinajstić information content (AvgIpc) is 2.35. The Labute approximate surface area is 211 Å². The van der Waals surface area contributed by atoms with Crippen LogP contribution in [0.1, 0.15) is 11.1 Å². The molecule has 11 heteroatoms. The van der Waals surface area contributed by atoms with Crippen LogP contribution < -0.4 is 103 Å². The van der Waals surface area contributed by atoms with E-state index in [2.05, 4.69) is 0 Å². The van der Waals surface area contributed by atoms with Crippen molar-refractivity contribution in [2.24, 2.45) is 0 Å². The first-order valence-electron chi connectivity index (χ1n) is 5.87. The molecule has 0 unspecified atom stereocenters. The summed E-state index contributed by atoms with van der Waals surface area (Å²) in [6.45, 7) is 0. The van der Waals surface area contributed by atoms with Gasteiger partial charge in [-0.15, -0.1) is 0 Å². The minimum Gasteiger partial charge on any atom is -0.822 e. The van der Waals surface area contributed by atoms with Gasteiger partial charge >= 0.3 is 88.7 Å². The molecule has 3 N–H and O–H groups in total. The van der Waals surface area contributed by atoms with E-state index in [1.165, 1.54) is 6.07 Å². The molecule has 7 nitrogen and oxygen atoms in total. The van der Waals surface area contributed by atoms with Gasteiger partial charge in [0.05, 0.1) is 0 Å². The number of hydrogen-bond donors (Lipinski definition) is 3. The van der Waals surface area contributed by atoms with Crippen molar-refractivity contribution < 1.29 is 123 Å². The molecule has 0 spiro atoms. The summed E-state index contributed by atoms with van der Waals surface area (Å²) >= 11 is 0. The normalized spacial score (nSPS) is 9.72. The van der Waals surface area contributed by atoms with Crippen molar-refractivity contribution in [2.75, 3.05) is 0 Å². The first-order valence-corrected chi connectivity index (χ1v) is 7.33. The summed E-state index contributed by atoms with van der Waals surface area (Å²) < 4.78 is 8.55. The van der Waals surface area contributed by atoms with Crippen LogP contribution in [0.2, 0.25) is 0 Å². The van der Waals surface area contributed by atoms with Crippen LogP contribution in [-0.4, -0.2) is 15.3 Å². The summed E-state index contributed by atoms with van der Waals surface area (Å²) in [6, 6.07) is 11.1. The van der Waals surface area contributed by atoms with Gasteiger partial charge in [0.15, 0.2) is 0 Å². The quantitative estimate of drug-likeness (QED) is 0.261. The van der Waals surface area contributed by atoms with Crippen LogP contribution in [0.25, 0.3) is 12.2 Å². The number of phosphoric acid groups is 1. The van der Waals surface area contributed by atoms with E-state index in [0.717, 1.165) is 5.56 Å². The molecule has 0 aromatic heterocycles. The molecule has 0 atom stereocenters. The molecule has 2 aromatic rings. The second kappa shape index (κ2) is 14.7. The van der Waals surface area contributed by atoms with Gasteiger partial charge in [0.1, 0.15) is 17.2 Å². The van der Waals surface area contributed by atoms with Gasteiger partial charge in [0.25, 0.3) is 0 Å². The predicted molar refractivity (Wildman–Crippen MR) is 74.4 cm³/mol. The maximum atomic E-state index is 9.30.